The standard InChI is InChI=1S/C13H15NO5S/c1-3-4-5-8-14-20(17,18)10-6-7-12(15)11(9-10)13(16)19-2/h6-7,9,14-15H,5,8H2,1-2H3. The normalized spacial score (nSPS) is 10.5. The van der Waals surface area contributed by atoms with E-state index in [9.17, 15) is 18.3 Å². The van der Waals surface area contributed by atoms with Gasteiger partial charge < -0.3 is 9.84 Å². The fraction of sp³-hybridized carbons (Fsp3) is 0.308. The molecule has 1 rings (SSSR count). The van der Waals surface area contributed by atoms with Crippen molar-refractivity contribution in [3.05, 3.63) is 23.8 Å². The molecular formula is C13H15NO5S. The van der Waals surface area contributed by atoms with E-state index in [1.54, 1.807) is 6.92 Å². The average molecular weight is 297 g/mol. The van der Waals surface area contributed by atoms with E-state index in [1.165, 1.54) is 6.07 Å². The number of benzene rings is 1. The van der Waals surface area contributed by atoms with Crippen molar-refractivity contribution in [2.24, 2.45) is 0 Å². The molecule has 2 N–H and O–H groups in total. The van der Waals surface area contributed by atoms with E-state index in [0.717, 1.165) is 19.2 Å². The molecule has 0 spiro atoms. The number of carbonyl (C=O) groups is 1. The number of carbonyl (C=O) groups excluding carboxylic acids is 1. The van der Waals surface area contributed by atoms with Crippen molar-refractivity contribution in [3.63, 3.8) is 0 Å². The topological polar surface area (TPSA) is 92.7 Å². The van der Waals surface area contributed by atoms with Crippen LogP contribution in [0.4, 0.5) is 0 Å². The number of rotatable bonds is 5. The fourth-order valence-corrected chi connectivity index (χ4v) is 2.47. The number of hydrogen-bond acceptors (Lipinski definition) is 5. The third-order valence-corrected chi connectivity index (χ3v) is 3.86. The van der Waals surface area contributed by atoms with Crippen LogP contribution in [-0.2, 0) is 14.8 Å². The Bertz CT molecular complexity index is 655. The number of ether oxygens (including phenoxy) is 1. The summed E-state index contributed by atoms with van der Waals surface area (Å²) in [6.07, 6.45) is 0.387. The van der Waals surface area contributed by atoms with Crippen LogP contribution in [0.15, 0.2) is 23.1 Å². The van der Waals surface area contributed by atoms with Gasteiger partial charge in [-0.25, -0.2) is 17.9 Å². The van der Waals surface area contributed by atoms with Crippen molar-refractivity contribution in [1.82, 2.24) is 4.72 Å². The minimum absolute atomic E-state index is 0.125. The second-order valence-corrected chi connectivity index (χ2v) is 5.51. The van der Waals surface area contributed by atoms with Gasteiger partial charge in [0.2, 0.25) is 10.0 Å². The summed E-state index contributed by atoms with van der Waals surface area (Å²) in [4.78, 5) is 11.3. The lowest BCUT2D eigenvalue weighted by atomic mass is 10.2. The summed E-state index contributed by atoms with van der Waals surface area (Å²) < 4.78 is 30.8. The molecule has 0 saturated heterocycles. The van der Waals surface area contributed by atoms with E-state index >= 15 is 0 Å². The van der Waals surface area contributed by atoms with Crippen LogP contribution in [0.25, 0.3) is 0 Å². The Hall–Kier alpha value is -2.04. The minimum Gasteiger partial charge on any atom is -0.507 e. The van der Waals surface area contributed by atoms with Crippen molar-refractivity contribution < 1.29 is 23.1 Å². The van der Waals surface area contributed by atoms with Crippen molar-refractivity contribution in [2.75, 3.05) is 13.7 Å². The lowest BCUT2D eigenvalue weighted by molar-refractivity contribution is 0.0597. The number of esters is 1. The highest BCUT2D eigenvalue weighted by molar-refractivity contribution is 7.89. The van der Waals surface area contributed by atoms with E-state index in [4.69, 9.17) is 0 Å². The SMILES string of the molecule is CC#CCCNS(=O)(=O)c1ccc(O)c(C(=O)OC)c1. The summed E-state index contributed by atoms with van der Waals surface area (Å²) in [5.41, 5.74) is -0.205. The third kappa shape index (κ3) is 3.98. The molecule has 0 bridgehead atoms. The van der Waals surface area contributed by atoms with E-state index in [0.29, 0.717) is 6.42 Å². The molecule has 0 unspecified atom stereocenters. The highest BCUT2D eigenvalue weighted by Gasteiger charge is 2.19. The molecule has 0 amide bonds. The van der Waals surface area contributed by atoms with Gasteiger partial charge in [-0.1, -0.05) is 0 Å². The number of methoxy groups -OCH3 is 1. The van der Waals surface area contributed by atoms with Crippen molar-refractivity contribution in [1.29, 1.82) is 0 Å². The summed E-state index contributed by atoms with van der Waals surface area (Å²) in [6.45, 7) is 1.83. The molecule has 20 heavy (non-hydrogen) atoms. The molecule has 0 aliphatic heterocycles. The lowest BCUT2D eigenvalue weighted by Crippen LogP contribution is -2.24. The predicted molar refractivity (Wildman–Crippen MR) is 72.7 cm³/mol. The number of phenols is 1. The van der Waals surface area contributed by atoms with Gasteiger partial charge in [-0.2, -0.15) is 0 Å². The largest absolute Gasteiger partial charge is 0.507 e. The molecule has 1 aromatic rings. The first kappa shape index (κ1) is 16.0. The summed E-state index contributed by atoms with van der Waals surface area (Å²) >= 11 is 0. The van der Waals surface area contributed by atoms with Gasteiger partial charge in [0.15, 0.2) is 0 Å². The molecule has 0 heterocycles. The molecule has 108 valence electrons. The van der Waals surface area contributed by atoms with Gasteiger partial charge in [0.05, 0.1) is 12.0 Å². The molecule has 0 fully saturated rings. The van der Waals surface area contributed by atoms with Crippen LogP contribution >= 0.6 is 0 Å². The first-order chi connectivity index (χ1) is 9.42. The zero-order valence-corrected chi connectivity index (χ0v) is 12.0. The van der Waals surface area contributed by atoms with Crippen LogP contribution in [0.5, 0.6) is 5.75 Å². The van der Waals surface area contributed by atoms with E-state index < -0.39 is 16.0 Å². The van der Waals surface area contributed by atoms with Crippen molar-refractivity contribution in [2.45, 2.75) is 18.2 Å². The Morgan fingerprint density at radius 3 is 2.75 bits per heavy atom. The number of nitrogens with one attached hydrogen (secondary N) is 1. The Labute approximate surface area is 117 Å². The molecule has 7 heteroatoms. The maximum Gasteiger partial charge on any atom is 0.341 e. The van der Waals surface area contributed by atoms with Gasteiger partial charge in [-0.05, 0) is 25.1 Å². The summed E-state index contributed by atoms with van der Waals surface area (Å²) in [6, 6.07) is 3.40. The van der Waals surface area contributed by atoms with Crippen molar-refractivity contribution in [3.8, 4) is 17.6 Å². The highest BCUT2D eigenvalue weighted by atomic mass is 32.2. The number of hydrogen-bond donors (Lipinski definition) is 2. The third-order valence-electron chi connectivity index (χ3n) is 2.40. The maximum absolute atomic E-state index is 12.0. The second-order valence-electron chi connectivity index (χ2n) is 3.75. The molecule has 0 aliphatic carbocycles. The fourth-order valence-electron chi connectivity index (χ4n) is 1.41. The quantitative estimate of drug-likeness (QED) is 0.478. The van der Waals surface area contributed by atoms with E-state index in [2.05, 4.69) is 21.3 Å². The Balaban J connectivity index is 3.00. The van der Waals surface area contributed by atoms with Gasteiger partial charge in [-0.3, -0.25) is 0 Å². The van der Waals surface area contributed by atoms with Gasteiger partial charge >= 0.3 is 5.97 Å². The van der Waals surface area contributed by atoms with Gasteiger partial charge in [0, 0.05) is 13.0 Å². The second kappa shape index (κ2) is 6.93. The Morgan fingerprint density at radius 2 is 2.15 bits per heavy atom. The number of sulfonamides is 1. The van der Waals surface area contributed by atoms with Crippen LogP contribution < -0.4 is 4.72 Å². The van der Waals surface area contributed by atoms with Crippen LogP contribution in [0, 0.1) is 11.8 Å². The zero-order valence-electron chi connectivity index (χ0n) is 11.1. The first-order valence-corrected chi connectivity index (χ1v) is 7.21. The number of aromatic hydroxyl groups is 1. The van der Waals surface area contributed by atoms with Crippen molar-refractivity contribution >= 4 is 16.0 Å². The first-order valence-electron chi connectivity index (χ1n) is 5.73. The minimum atomic E-state index is -3.76. The van der Waals surface area contributed by atoms with Crippen LogP contribution in [-0.4, -0.2) is 33.1 Å². The average Bonchev–Trinajstić information content (AvgIpc) is 2.43. The monoisotopic (exact) mass is 297 g/mol. The lowest BCUT2D eigenvalue weighted by Gasteiger charge is -2.08. The zero-order chi connectivity index (χ0) is 15.2. The number of phenolic OH excluding ortho intramolecular Hbond substituents is 1. The molecule has 0 atom stereocenters. The van der Waals surface area contributed by atoms with Crippen LogP contribution in [0.3, 0.4) is 0 Å². The summed E-state index contributed by atoms with van der Waals surface area (Å²) in [7, 11) is -2.61. The van der Waals surface area contributed by atoms with Crippen LogP contribution in [0.2, 0.25) is 0 Å². The summed E-state index contributed by atoms with van der Waals surface area (Å²) in [5, 5.41) is 9.51. The Morgan fingerprint density at radius 1 is 1.45 bits per heavy atom. The van der Waals surface area contributed by atoms with E-state index in [-0.39, 0.29) is 22.8 Å². The van der Waals surface area contributed by atoms with Gasteiger partial charge in [-0.15, -0.1) is 11.8 Å². The Kier molecular flexibility index (Phi) is 5.55. The van der Waals surface area contributed by atoms with Gasteiger partial charge in [0.1, 0.15) is 11.3 Å². The molecule has 1 aromatic carbocycles. The maximum atomic E-state index is 12.0. The van der Waals surface area contributed by atoms with E-state index in [1.807, 2.05) is 0 Å². The molecular weight excluding hydrogens is 282 g/mol. The molecule has 0 aliphatic rings. The predicted octanol–water partition coefficient (Wildman–Crippen LogP) is 0.871. The molecule has 6 nitrogen and oxygen atoms in total. The van der Waals surface area contributed by atoms with Gasteiger partial charge in [0.25, 0.3) is 0 Å². The molecule has 0 aromatic heterocycles. The highest BCUT2D eigenvalue weighted by Crippen LogP contribution is 2.21. The summed E-state index contributed by atoms with van der Waals surface area (Å²) in [5.74, 6) is 4.23. The smallest absolute Gasteiger partial charge is 0.341 e. The van der Waals surface area contributed by atoms with Crippen LogP contribution in [0.1, 0.15) is 23.7 Å². The molecule has 0 saturated carbocycles. The molecule has 0 radical (unpaired) electrons.